The number of hydrogen-bond donors (Lipinski definition) is 4. The van der Waals surface area contributed by atoms with Crippen LogP contribution in [0.25, 0.3) is 16.6 Å². The lowest BCUT2D eigenvalue weighted by atomic mass is 9.93. The van der Waals surface area contributed by atoms with Gasteiger partial charge in [0.05, 0.1) is 23.0 Å². The van der Waals surface area contributed by atoms with E-state index in [4.69, 9.17) is 11.5 Å². The normalized spacial score (nSPS) is 24.1. The molecule has 1 saturated heterocycles. The second-order valence-corrected chi connectivity index (χ2v) is 10.4. The van der Waals surface area contributed by atoms with E-state index in [1.807, 2.05) is 18.3 Å². The van der Waals surface area contributed by atoms with Gasteiger partial charge in [0.1, 0.15) is 11.4 Å². The number of primary amides is 1. The SMILES string of the molecule is C[C@@H]1[C@H]2CN(C(=O)C(C)(C)O)C[C@H]2C[C@H]1Nc1c(C(N)=O)cnn2cc(-c3ccc(N)nc3)cc12. The zero-order valence-electron chi connectivity index (χ0n) is 20.1. The third-order valence-electron chi connectivity index (χ3n) is 7.52. The van der Waals surface area contributed by atoms with Gasteiger partial charge in [-0.15, -0.1) is 0 Å². The number of fused-ring (bicyclic) bond motifs is 2. The minimum atomic E-state index is -1.37. The molecule has 1 aliphatic heterocycles. The molecule has 3 aromatic rings. The van der Waals surface area contributed by atoms with Crippen molar-refractivity contribution in [3.05, 3.63) is 42.4 Å². The van der Waals surface area contributed by atoms with Crippen LogP contribution in [0.1, 0.15) is 37.6 Å². The average molecular weight is 478 g/mol. The number of likely N-dealkylation sites (tertiary alicyclic amines) is 1. The van der Waals surface area contributed by atoms with Gasteiger partial charge in [0.2, 0.25) is 0 Å². The number of anilines is 2. The van der Waals surface area contributed by atoms with Crippen LogP contribution in [0.3, 0.4) is 0 Å². The van der Waals surface area contributed by atoms with Gasteiger partial charge in [-0.05, 0) is 56.2 Å². The van der Waals surface area contributed by atoms with Gasteiger partial charge in [-0.25, -0.2) is 9.50 Å². The summed E-state index contributed by atoms with van der Waals surface area (Å²) < 4.78 is 1.73. The summed E-state index contributed by atoms with van der Waals surface area (Å²) in [4.78, 5) is 30.8. The van der Waals surface area contributed by atoms with Gasteiger partial charge in [0, 0.05) is 42.7 Å². The Morgan fingerprint density at radius 1 is 1.20 bits per heavy atom. The number of aliphatic hydroxyl groups is 1. The van der Waals surface area contributed by atoms with Gasteiger partial charge in [0.15, 0.2) is 0 Å². The second kappa shape index (κ2) is 8.23. The zero-order valence-corrected chi connectivity index (χ0v) is 20.1. The van der Waals surface area contributed by atoms with Crippen molar-refractivity contribution in [1.82, 2.24) is 19.5 Å². The average Bonchev–Trinajstić information content (AvgIpc) is 3.48. The molecule has 0 radical (unpaired) electrons. The number of pyridine rings is 1. The van der Waals surface area contributed by atoms with Crippen molar-refractivity contribution in [3.8, 4) is 11.1 Å². The van der Waals surface area contributed by atoms with Gasteiger partial charge < -0.3 is 26.8 Å². The van der Waals surface area contributed by atoms with Crippen molar-refractivity contribution in [2.45, 2.75) is 38.8 Å². The summed E-state index contributed by atoms with van der Waals surface area (Å²) in [6.07, 6.45) is 5.93. The molecule has 2 fully saturated rings. The maximum Gasteiger partial charge on any atom is 0.253 e. The van der Waals surface area contributed by atoms with Crippen LogP contribution in [-0.4, -0.2) is 61.2 Å². The maximum atomic E-state index is 12.6. The summed E-state index contributed by atoms with van der Waals surface area (Å²) >= 11 is 0. The number of nitrogen functional groups attached to an aromatic ring is 1. The minimum Gasteiger partial charge on any atom is -0.384 e. The Morgan fingerprint density at radius 3 is 2.60 bits per heavy atom. The first-order chi connectivity index (χ1) is 16.5. The van der Waals surface area contributed by atoms with Crippen molar-refractivity contribution < 1.29 is 14.7 Å². The molecule has 0 spiro atoms. The number of hydrogen-bond acceptors (Lipinski definition) is 7. The van der Waals surface area contributed by atoms with E-state index in [2.05, 4.69) is 22.3 Å². The standard InChI is InChI=1S/C25H31N7O3/c1-13-18-12-31(24(34)25(2,3)35)10-16(18)6-19(13)30-22-17(23(27)33)9-29-32-11-15(7-20(22)32)14-4-5-21(26)28-8-14/h4-5,7-9,11,13,16,18-19,30,35H,6,10,12H2,1-3H3,(H2,26,28)(H2,27,33)/t13-,16-,18-,19-/m1/s1. The third kappa shape index (κ3) is 4.07. The Balaban J connectivity index is 1.43. The highest BCUT2D eigenvalue weighted by Crippen LogP contribution is 2.44. The minimum absolute atomic E-state index is 0.102. The molecule has 2 amide bonds. The monoisotopic (exact) mass is 477 g/mol. The van der Waals surface area contributed by atoms with E-state index in [9.17, 15) is 14.7 Å². The number of nitrogens with two attached hydrogens (primary N) is 2. The lowest BCUT2D eigenvalue weighted by Gasteiger charge is -2.28. The van der Waals surface area contributed by atoms with Crippen LogP contribution >= 0.6 is 0 Å². The van der Waals surface area contributed by atoms with E-state index in [-0.39, 0.29) is 17.9 Å². The number of carbonyl (C=O) groups is 2. The van der Waals surface area contributed by atoms with E-state index >= 15 is 0 Å². The quantitative estimate of drug-likeness (QED) is 0.437. The molecule has 1 aliphatic carbocycles. The fourth-order valence-electron chi connectivity index (χ4n) is 5.64. The van der Waals surface area contributed by atoms with Crippen LogP contribution in [0.5, 0.6) is 0 Å². The van der Waals surface area contributed by atoms with Crippen molar-refractivity contribution in [2.24, 2.45) is 23.5 Å². The van der Waals surface area contributed by atoms with Crippen LogP contribution in [0.15, 0.2) is 36.8 Å². The molecule has 5 rings (SSSR count). The molecule has 35 heavy (non-hydrogen) atoms. The van der Waals surface area contributed by atoms with Crippen molar-refractivity contribution in [3.63, 3.8) is 0 Å². The van der Waals surface area contributed by atoms with Crippen LogP contribution in [-0.2, 0) is 4.79 Å². The Bertz CT molecular complexity index is 1290. The van der Waals surface area contributed by atoms with Gasteiger partial charge in [-0.2, -0.15) is 5.10 Å². The molecule has 1 saturated carbocycles. The summed E-state index contributed by atoms with van der Waals surface area (Å²) in [7, 11) is 0. The molecule has 0 aromatic carbocycles. The fourth-order valence-corrected chi connectivity index (χ4v) is 5.64. The van der Waals surface area contributed by atoms with Crippen LogP contribution in [0.2, 0.25) is 0 Å². The van der Waals surface area contributed by atoms with Gasteiger partial charge in [-0.3, -0.25) is 9.59 Å². The van der Waals surface area contributed by atoms with Gasteiger partial charge in [-0.1, -0.05) is 6.92 Å². The Kier molecular flexibility index (Phi) is 5.43. The first-order valence-corrected chi connectivity index (χ1v) is 11.8. The van der Waals surface area contributed by atoms with Gasteiger partial charge in [0.25, 0.3) is 11.8 Å². The summed E-state index contributed by atoms with van der Waals surface area (Å²) in [5.41, 5.74) is 13.6. The lowest BCUT2D eigenvalue weighted by Crippen LogP contribution is -2.45. The molecule has 0 unspecified atom stereocenters. The summed E-state index contributed by atoms with van der Waals surface area (Å²) in [6, 6.07) is 5.69. The van der Waals surface area contributed by atoms with Crippen LogP contribution < -0.4 is 16.8 Å². The molecule has 4 atom stereocenters. The first kappa shape index (κ1) is 23.1. The largest absolute Gasteiger partial charge is 0.384 e. The molecule has 2 aliphatic rings. The number of amides is 2. The fraction of sp³-hybridized carbons (Fsp3) is 0.440. The van der Waals surface area contributed by atoms with Crippen molar-refractivity contribution >= 4 is 28.8 Å². The van der Waals surface area contributed by atoms with Crippen LogP contribution in [0.4, 0.5) is 11.5 Å². The van der Waals surface area contributed by atoms with E-state index in [1.54, 1.807) is 21.7 Å². The van der Waals surface area contributed by atoms with E-state index in [0.29, 0.717) is 42.0 Å². The summed E-state index contributed by atoms with van der Waals surface area (Å²) in [5, 5.41) is 18.1. The van der Waals surface area contributed by atoms with Crippen LogP contribution in [0, 0.1) is 17.8 Å². The van der Waals surface area contributed by atoms with Gasteiger partial charge >= 0.3 is 0 Å². The molecule has 0 bridgehead atoms. The highest BCUT2D eigenvalue weighted by atomic mass is 16.3. The number of rotatable bonds is 5. The third-order valence-corrected chi connectivity index (χ3v) is 7.52. The molecular weight excluding hydrogens is 446 g/mol. The first-order valence-electron chi connectivity index (χ1n) is 11.8. The number of nitrogens with one attached hydrogen (secondary N) is 1. The highest BCUT2D eigenvalue weighted by molar-refractivity contribution is 6.02. The van der Waals surface area contributed by atoms with E-state index in [1.165, 1.54) is 20.0 Å². The zero-order chi connectivity index (χ0) is 25.1. The molecule has 3 aromatic heterocycles. The predicted octanol–water partition coefficient (Wildman–Crippen LogP) is 1.74. The lowest BCUT2D eigenvalue weighted by molar-refractivity contribution is -0.147. The molecule has 184 valence electrons. The molecular formula is C25H31N7O3. The molecule has 10 nitrogen and oxygen atoms in total. The molecule has 10 heteroatoms. The van der Waals surface area contributed by atoms with Crippen molar-refractivity contribution in [2.75, 3.05) is 24.1 Å². The number of nitrogens with zero attached hydrogens (tertiary/aromatic N) is 4. The smallest absolute Gasteiger partial charge is 0.253 e. The topological polar surface area (TPSA) is 152 Å². The van der Waals surface area contributed by atoms with E-state index in [0.717, 1.165) is 23.1 Å². The Hall–Kier alpha value is -3.66. The Labute approximate surface area is 203 Å². The molecule has 6 N–H and O–H groups in total. The maximum absolute atomic E-state index is 12.6. The van der Waals surface area contributed by atoms with Crippen molar-refractivity contribution in [1.29, 1.82) is 0 Å². The predicted molar refractivity (Wildman–Crippen MR) is 132 cm³/mol. The number of carbonyl (C=O) groups excluding carboxylic acids is 2. The second-order valence-electron chi connectivity index (χ2n) is 10.4. The number of aromatic nitrogens is 3. The summed E-state index contributed by atoms with van der Waals surface area (Å²) in [5.74, 6) is 0.561. The Morgan fingerprint density at radius 2 is 1.97 bits per heavy atom. The highest BCUT2D eigenvalue weighted by Gasteiger charge is 2.48. The molecule has 4 heterocycles. The van der Waals surface area contributed by atoms with E-state index < -0.39 is 11.5 Å². The summed E-state index contributed by atoms with van der Waals surface area (Å²) in [6.45, 7) is 6.49.